The van der Waals surface area contributed by atoms with Crippen molar-refractivity contribution in [3.8, 4) is 0 Å². The molecule has 1 aliphatic carbocycles. The van der Waals surface area contributed by atoms with Gasteiger partial charge in [-0.15, -0.1) is 0 Å². The molecule has 1 aliphatic rings. The van der Waals surface area contributed by atoms with Crippen molar-refractivity contribution >= 4 is 18.0 Å². The normalized spacial score (nSPS) is 15.1. The summed E-state index contributed by atoms with van der Waals surface area (Å²) in [4.78, 5) is 23.7. The summed E-state index contributed by atoms with van der Waals surface area (Å²) in [6, 6.07) is 12.4. The molecule has 5 heteroatoms. The topological polar surface area (TPSA) is 63.6 Å². The van der Waals surface area contributed by atoms with E-state index < -0.39 is 18.0 Å². The van der Waals surface area contributed by atoms with Gasteiger partial charge in [0.1, 0.15) is 6.10 Å². The number of rotatable bonds is 3. The minimum Gasteiger partial charge on any atom is -0.478 e. The van der Waals surface area contributed by atoms with E-state index in [0.717, 1.165) is 16.7 Å². The first-order valence-corrected chi connectivity index (χ1v) is 7.30. The Morgan fingerprint density at radius 1 is 1.00 bits per heavy atom. The molecule has 1 atom stereocenters. The minimum atomic E-state index is -1.06. The molecule has 3 rings (SSSR count). The van der Waals surface area contributed by atoms with Gasteiger partial charge in [0.15, 0.2) is 0 Å². The third kappa shape index (κ3) is 3.27. The second-order valence-corrected chi connectivity index (χ2v) is 5.59. The summed E-state index contributed by atoms with van der Waals surface area (Å²) >= 11 is 0. The van der Waals surface area contributed by atoms with Crippen molar-refractivity contribution in [3.63, 3.8) is 0 Å². The summed E-state index contributed by atoms with van der Waals surface area (Å²) < 4.78 is 5.65. The first-order chi connectivity index (χ1) is 11.0. The third-order valence-corrected chi connectivity index (χ3v) is 4.08. The van der Waals surface area contributed by atoms with Crippen LogP contribution in [-0.2, 0) is 30.9 Å². The molecule has 0 radical (unpaired) electrons. The number of esters is 1. The maximum Gasteiger partial charge on any atom is 0.339 e. The third-order valence-electron chi connectivity index (χ3n) is 4.08. The standard InChI is InChI=1S/C19H16O4.Zr/c1-11-10-13-6-3-4-7-16(13)17(11)23-19(22)15-9-5-8-14(12(15)2)18(20)21;/h3-10,17H,1-2H3,(H,20,21);. The summed E-state index contributed by atoms with van der Waals surface area (Å²) in [6.07, 6.45) is 1.57. The van der Waals surface area contributed by atoms with E-state index in [2.05, 4.69) is 0 Å². The van der Waals surface area contributed by atoms with E-state index in [0.29, 0.717) is 5.56 Å². The van der Waals surface area contributed by atoms with Crippen LogP contribution in [0.4, 0.5) is 0 Å². The number of carbonyl (C=O) groups excluding carboxylic acids is 1. The van der Waals surface area contributed by atoms with Crippen LogP contribution in [0.3, 0.4) is 0 Å². The Morgan fingerprint density at radius 3 is 2.38 bits per heavy atom. The maximum atomic E-state index is 12.5. The van der Waals surface area contributed by atoms with Crippen molar-refractivity contribution in [2.24, 2.45) is 0 Å². The fourth-order valence-electron chi connectivity index (χ4n) is 2.86. The van der Waals surface area contributed by atoms with Crippen LogP contribution in [-0.4, -0.2) is 17.0 Å². The van der Waals surface area contributed by atoms with Gasteiger partial charge in [0.25, 0.3) is 0 Å². The van der Waals surface area contributed by atoms with Gasteiger partial charge >= 0.3 is 11.9 Å². The summed E-state index contributed by atoms with van der Waals surface area (Å²) in [7, 11) is 0. The molecule has 0 aromatic heterocycles. The van der Waals surface area contributed by atoms with Gasteiger partial charge in [-0.2, -0.15) is 0 Å². The Labute approximate surface area is 159 Å². The molecule has 24 heavy (non-hydrogen) atoms. The number of aromatic carboxylic acids is 1. The Morgan fingerprint density at radius 2 is 1.67 bits per heavy atom. The number of carboxylic acid groups (broad SMARTS) is 1. The molecule has 120 valence electrons. The largest absolute Gasteiger partial charge is 0.478 e. The van der Waals surface area contributed by atoms with E-state index in [1.807, 2.05) is 37.3 Å². The molecule has 0 amide bonds. The molecule has 0 spiro atoms. The van der Waals surface area contributed by atoms with E-state index >= 15 is 0 Å². The number of benzene rings is 2. The molecule has 1 N–H and O–H groups in total. The monoisotopic (exact) mass is 398 g/mol. The number of hydrogen-bond acceptors (Lipinski definition) is 3. The molecule has 0 fully saturated rings. The second kappa shape index (κ2) is 7.27. The molecule has 2 aromatic carbocycles. The Kier molecular flexibility index (Phi) is 5.56. The molecule has 0 saturated heterocycles. The van der Waals surface area contributed by atoms with Crippen LogP contribution < -0.4 is 0 Å². The molecular weight excluding hydrogens is 383 g/mol. The molecular formula is C19H16O4Zr. The fourth-order valence-corrected chi connectivity index (χ4v) is 2.86. The minimum absolute atomic E-state index is 0. The van der Waals surface area contributed by atoms with Crippen LogP contribution in [0.5, 0.6) is 0 Å². The van der Waals surface area contributed by atoms with Gasteiger partial charge in [0.2, 0.25) is 0 Å². The van der Waals surface area contributed by atoms with Crippen LogP contribution in [0.1, 0.15) is 50.4 Å². The zero-order valence-corrected chi connectivity index (χ0v) is 15.8. The average molecular weight is 400 g/mol. The van der Waals surface area contributed by atoms with E-state index in [-0.39, 0.29) is 37.3 Å². The van der Waals surface area contributed by atoms with Crippen molar-refractivity contribution < 1.29 is 45.6 Å². The summed E-state index contributed by atoms with van der Waals surface area (Å²) in [6.45, 7) is 3.53. The number of carboxylic acids is 1. The van der Waals surface area contributed by atoms with Crippen molar-refractivity contribution in [2.75, 3.05) is 0 Å². The number of ether oxygens (including phenoxy) is 1. The van der Waals surface area contributed by atoms with Gasteiger partial charge in [-0.05, 0) is 42.7 Å². The van der Waals surface area contributed by atoms with Crippen LogP contribution >= 0.6 is 0 Å². The molecule has 0 bridgehead atoms. The second-order valence-electron chi connectivity index (χ2n) is 5.59. The number of carbonyl (C=O) groups is 2. The van der Waals surface area contributed by atoms with E-state index in [1.165, 1.54) is 6.07 Å². The van der Waals surface area contributed by atoms with Gasteiger partial charge < -0.3 is 9.84 Å². The van der Waals surface area contributed by atoms with Gasteiger partial charge in [-0.25, -0.2) is 9.59 Å². The predicted octanol–water partition coefficient (Wildman–Crippen LogP) is 4.01. The zero-order chi connectivity index (χ0) is 16.6. The van der Waals surface area contributed by atoms with E-state index in [4.69, 9.17) is 9.84 Å². The zero-order valence-electron chi connectivity index (χ0n) is 13.4. The average Bonchev–Trinajstić information content (AvgIpc) is 2.83. The van der Waals surface area contributed by atoms with Crippen LogP contribution in [0.15, 0.2) is 48.0 Å². The Balaban J connectivity index is 0.00000208. The smallest absolute Gasteiger partial charge is 0.339 e. The quantitative estimate of drug-likeness (QED) is 0.792. The molecule has 0 saturated carbocycles. The molecule has 1 unspecified atom stereocenters. The van der Waals surface area contributed by atoms with Crippen molar-refractivity contribution in [2.45, 2.75) is 20.0 Å². The van der Waals surface area contributed by atoms with Crippen molar-refractivity contribution in [1.29, 1.82) is 0 Å². The van der Waals surface area contributed by atoms with E-state index in [9.17, 15) is 9.59 Å². The van der Waals surface area contributed by atoms with Crippen LogP contribution in [0.25, 0.3) is 6.08 Å². The Bertz CT molecular complexity index is 839. The molecule has 0 aliphatic heterocycles. The van der Waals surface area contributed by atoms with Gasteiger partial charge in [-0.3, -0.25) is 0 Å². The summed E-state index contributed by atoms with van der Waals surface area (Å²) in [5.74, 6) is -1.57. The fraction of sp³-hybridized carbons (Fsp3) is 0.158. The first kappa shape index (κ1) is 18.3. The SMILES string of the molecule is CC1=Cc2ccccc2C1OC(=O)c1cccc(C(=O)O)c1C.[Zr]. The van der Waals surface area contributed by atoms with Crippen molar-refractivity contribution in [3.05, 3.63) is 75.9 Å². The molecule has 2 aromatic rings. The Hall–Kier alpha value is -2.00. The predicted molar refractivity (Wildman–Crippen MR) is 86.4 cm³/mol. The number of fused-ring (bicyclic) bond motifs is 1. The summed E-state index contributed by atoms with van der Waals surface area (Å²) in [5.41, 5.74) is 3.74. The van der Waals surface area contributed by atoms with E-state index in [1.54, 1.807) is 19.1 Å². The molecule has 0 heterocycles. The maximum absolute atomic E-state index is 12.5. The number of hydrogen-bond donors (Lipinski definition) is 1. The summed E-state index contributed by atoms with van der Waals surface area (Å²) in [5, 5.41) is 9.17. The molecule has 4 nitrogen and oxygen atoms in total. The first-order valence-electron chi connectivity index (χ1n) is 7.30. The van der Waals surface area contributed by atoms with Gasteiger partial charge in [0.05, 0.1) is 11.1 Å². The van der Waals surface area contributed by atoms with Gasteiger partial charge in [0, 0.05) is 31.8 Å². The van der Waals surface area contributed by atoms with Crippen LogP contribution in [0.2, 0.25) is 0 Å². The van der Waals surface area contributed by atoms with Crippen molar-refractivity contribution in [1.82, 2.24) is 0 Å². The van der Waals surface area contributed by atoms with Gasteiger partial charge in [-0.1, -0.05) is 36.4 Å². The van der Waals surface area contributed by atoms with Crippen LogP contribution in [0, 0.1) is 6.92 Å².